The molecule has 3 aromatic carbocycles. The van der Waals surface area contributed by atoms with Crippen molar-refractivity contribution in [3.8, 4) is 17.2 Å². The highest BCUT2D eigenvalue weighted by molar-refractivity contribution is 7.07. The fourth-order valence-electron chi connectivity index (χ4n) is 4.99. The molecule has 1 aliphatic heterocycles. The van der Waals surface area contributed by atoms with Crippen LogP contribution in [0, 0.1) is 0 Å². The molecule has 0 fully saturated rings. The van der Waals surface area contributed by atoms with E-state index in [4.69, 9.17) is 42.1 Å². The number of aromatic nitrogens is 1. The molecule has 0 amide bonds. The van der Waals surface area contributed by atoms with Crippen molar-refractivity contribution in [3.05, 3.63) is 118 Å². The van der Waals surface area contributed by atoms with Crippen molar-refractivity contribution in [1.82, 2.24) is 4.57 Å². The van der Waals surface area contributed by atoms with E-state index in [9.17, 15) is 9.59 Å². The first-order valence-electron chi connectivity index (χ1n) is 14.3. The summed E-state index contributed by atoms with van der Waals surface area (Å²) in [5, 5.41) is 1.07. The molecule has 45 heavy (non-hydrogen) atoms. The second-order valence-corrected chi connectivity index (χ2v) is 12.3. The molecule has 1 aliphatic rings. The summed E-state index contributed by atoms with van der Waals surface area (Å²) < 4.78 is 25.0. The van der Waals surface area contributed by atoms with Crippen molar-refractivity contribution in [2.45, 2.75) is 46.4 Å². The molecule has 0 bridgehead atoms. The van der Waals surface area contributed by atoms with Gasteiger partial charge in [0.15, 0.2) is 16.3 Å². The Morgan fingerprint density at radius 2 is 1.82 bits per heavy atom. The van der Waals surface area contributed by atoms with Crippen LogP contribution in [0.1, 0.15) is 50.4 Å². The van der Waals surface area contributed by atoms with Gasteiger partial charge in [0, 0.05) is 21.2 Å². The number of esters is 1. The van der Waals surface area contributed by atoms with Gasteiger partial charge >= 0.3 is 5.97 Å². The number of halogens is 2. The van der Waals surface area contributed by atoms with Gasteiger partial charge in [-0.25, -0.2) is 9.79 Å². The standard InChI is InChI=1S/C34H32Cl2N2O6S/c1-6-42-33(40)30-20(4)37-34-38(31(30)21-11-13-27(44-19(2)3)28(16-21)41-5)32(39)29(45-34)17-23-15-24(35)12-14-26(23)43-18-22-9-7-8-10-25(22)36/h7-17,19,31H,6,18H2,1-5H3/b29-17+/t31-/m0/s1. The normalized spacial score (nSPS) is 14.7. The zero-order valence-corrected chi connectivity index (χ0v) is 27.8. The molecule has 0 saturated heterocycles. The maximum Gasteiger partial charge on any atom is 0.338 e. The van der Waals surface area contributed by atoms with Crippen LogP contribution in [-0.2, 0) is 16.1 Å². The van der Waals surface area contributed by atoms with Crippen LogP contribution >= 0.6 is 34.5 Å². The Morgan fingerprint density at radius 3 is 2.53 bits per heavy atom. The molecule has 0 N–H and O–H groups in total. The lowest BCUT2D eigenvalue weighted by Gasteiger charge is -2.25. The van der Waals surface area contributed by atoms with Crippen molar-refractivity contribution in [2.75, 3.05) is 13.7 Å². The lowest BCUT2D eigenvalue weighted by atomic mass is 9.95. The summed E-state index contributed by atoms with van der Waals surface area (Å²) in [4.78, 5) is 32.6. The maximum absolute atomic E-state index is 14.2. The molecule has 0 aliphatic carbocycles. The summed E-state index contributed by atoms with van der Waals surface area (Å²) in [5.74, 6) is 0.993. The molecular weight excluding hydrogens is 635 g/mol. The highest BCUT2D eigenvalue weighted by Crippen LogP contribution is 2.36. The summed E-state index contributed by atoms with van der Waals surface area (Å²) in [6.45, 7) is 7.70. The molecule has 4 aromatic rings. The van der Waals surface area contributed by atoms with Gasteiger partial charge in [-0.3, -0.25) is 9.36 Å². The first-order chi connectivity index (χ1) is 21.6. The first kappa shape index (κ1) is 32.3. The van der Waals surface area contributed by atoms with Gasteiger partial charge in [-0.2, -0.15) is 0 Å². The molecular formula is C34H32Cl2N2O6S. The second-order valence-electron chi connectivity index (χ2n) is 10.4. The van der Waals surface area contributed by atoms with Gasteiger partial charge in [0.1, 0.15) is 12.4 Å². The molecule has 1 aromatic heterocycles. The van der Waals surface area contributed by atoms with Crippen molar-refractivity contribution in [3.63, 3.8) is 0 Å². The Kier molecular flexibility index (Phi) is 10.0. The molecule has 234 valence electrons. The smallest absolute Gasteiger partial charge is 0.338 e. The largest absolute Gasteiger partial charge is 0.493 e. The molecule has 0 saturated carbocycles. The van der Waals surface area contributed by atoms with Crippen LogP contribution in [0.5, 0.6) is 17.2 Å². The fraction of sp³-hybridized carbons (Fsp3) is 0.265. The number of benzene rings is 3. The third-order valence-corrected chi connectivity index (χ3v) is 8.57. The van der Waals surface area contributed by atoms with Crippen molar-refractivity contribution < 1.29 is 23.7 Å². The summed E-state index contributed by atoms with van der Waals surface area (Å²) in [5.41, 5.74) is 2.45. The van der Waals surface area contributed by atoms with Gasteiger partial charge in [-0.05, 0) is 75.7 Å². The van der Waals surface area contributed by atoms with Crippen LogP contribution in [0.4, 0.5) is 0 Å². The number of rotatable bonds is 10. The predicted molar refractivity (Wildman–Crippen MR) is 176 cm³/mol. The first-order valence-corrected chi connectivity index (χ1v) is 15.9. The molecule has 1 atom stereocenters. The zero-order chi connectivity index (χ0) is 32.2. The van der Waals surface area contributed by atoms with Gasteiger partial charge in [-0.1, -0.05) is 58.8 Å². The monoisotopic (exact) mass is 666 g/mol. The van der Waals surface area contributed by atoms with E-state index < -0.39 is 12.0 Å². The fourth-order valence-corrected chi connectivity index (χ4v) is 6.40. The number of hydrogen-bond acceptors (Lipinski definition) is 8. The van der Waals surface area contributed by atoms with Gasteiger partial charge < -0.3 is 18.9 Å². The Labute approximate surface area is 274 Å². The van der Waals surface area contributed by atoms with Crippen molar-refractivity contribution in [2.24, 2.45) is 4.99 Å². The second kappa shape index (κ2) is 13.9. The van der Waals surface area contributed by atoms with Crippen LogP contribution in [0.2, 0.25) is 10.0 Å². The zero-order valence-electron chi connectivity index (χ0n) is 25.4. The van der Waals surface area contributed by atoms with Crippen LogP contribution < -0.4 is 29.1 Å². The molecule has 5 rings (SSSR count). The Morgan fingerprint density at radius 1 is 1.07 bits per heavy atom. The predicted octanol–water partition coefficient (Wildman–Crippen LogP) is 6.48. The van der Waals surface area contributed by atoms with E-state index in [-0.39, 0.29) is 30.5 Å². The van der Waals surface area contributed by atoms with E-state index in [1.54, 1.807) is 63.4 Å². The molecule has 0 unspecified atom stereocenters. The number of carbonyl (C=O) groups excluding carboxylic acids is 1. The number of hydrogen-bond donors (Lipinski definition) is 0. The Balaban J connectivity index is 1.64. The van der Waals surface area contributed by atoms with E-state index in [2.05, 4.69) is 4.99 Å². The molecule has 8 nitrogen and oxygen atoms in total. The van der Waals surface area contributed by atoms with E-state index >= 15 is 0 Å². The quantitative estimate of drug-likeness (QED) is 0.180. The van der Waals surface area contributed by atoms with Gasteiger partial charge in [0.2, 0.25) is 0 Å². The highest BCUT2D eigenvalue weighted by atomic mass is 35.5. The average Bonchev–Trinajstić information content (AvgIpc) is 3.30. The van der Waals surface area contributed by atoms with E-state index in [0.717, 1.165) is 5.56 Å². The lowest BCUT2D eigenvalue weighted by molar-refractivity contribution is -0.139. The van der Waals surface area contributed by atoms with Crippen LogP contribution in [-0.4, -0.2) is 30.4 Å². The lowest BCUT2D eigenvalue weighted by Crippen LogP contribution is -2.40. The Bertz CT molecular complexity index is 1960. The Hall–Kier alpha value is -4.05. The maximum atomic E-state index is 14.2. The SMILES string of the molecule is CCOC(=O)C1=C(C)N=c2s/c(=C/c3cc(Cl)ccc3OCc3ccccc3Cl)c(=O)n2[C@H]1c1ccc(OC(C)C)c(OC)c1. The molecule has 0 spiro atoms. The third-order valence-electron chi connectivity index (χ3n) is 6.98. The van der Waals surface area contributed by atoms with E-state index in [1.165, 1.54) is 15.9 Å². The minimum absolute atomic E-state index is 0.0790. The average molecular weight is 668 g/mol. The van der Waals surface area contributed by atoms with Gasteiger partial charge in [0.05, 0.1) is 41.7 Å². The number of fused-ring (bicyclic) bond motifs is 1. The number of ether oxygens (including phenoxy) is 4. The van der Waals surface area contributed by atoms with Crippen LogP contribution in [0.25, 0.3) is 6.08 Å². The van der Waals surface area contributed by atoms with Gasteiger partial charge in [-0.15, -0.1) is 0 Å². The van der Waals surface area contributed by atoms with Crippen molar-refractivity contribution in [1.29, 1.82) is 0 Å². The number of carbonyl (C=O) groups is 1. The minimum atomic E-state index is -0.820. The summed E-state index contributed by atoms with van der Waals surface area (Å²) in [6, 6.07) is 17.2. The molecule has 2 heterocycles. The van der Waals surface area contributed by atoms with Crippen LogP contribution in [0.15, 0.2) is 81.7 Å². The summed E-state index contributed by atoms with van der Waals surface area (Å²) >= 11 is 13.9. The molecule has 0 radical (unpaired) electrons. The number of thiazole rings is 1. The topological polar surface area (TPSA) is 88.4 Å². The van der Waals surface area contributed by atoms with E-state index in [0.29, 0.717) is 53.5 Å². The molecule has 11 heteroatoms. The number of nitrogens with zero attached hydrogens (tertiary/aromatic N) is 2. The summed E-state index contributed by atoms with van der Waals surface area (Å²) in [6.07, 6.45) is 1.64. The van der Waals surface area contributed by atoms with Crippen LogP contribution in [0.3, 0.4) is 0 Å². The minimum Gasteiger partial charge on any atom is -0.493 e. The van der Waals surface area contributed by atoms with Crippen molar-refractivity contribution >= 4 is 46.6 Å². The van der Waals surface area contributed by atoms with E-state index in [1.807, 2.05) is 38.1 Å². The highest BCUT2D eigenvalue weighted by Gasteiger charge is 2.34. The number of allylic oxidation sites excluding steroid dienone is 1. The number of methoxy groups -OCH3 is 1. The van der Waals surface area contributed by atoms with Gasteiger partial charge in [0.25, 0.3) is 5.56 Å². The summed E-state index contributed by atoms with van der Waals surface area (Å²) in [7, 11) is 1.54. The third kappa shape index (κ3) is 6.96.